The van der Waals surface area contributed by atoms with Crippen molar-refractivity contribution in [3.63, 3.8) is 0 Å². The van der Waals surface area contributed by atoms with Gasteiger partial charge < -0.3 is 9.64 Å². The molecular formula is C29H37FN4O2. The number of hydrogen-bond acceptors (Lipinski definition) is 6. The average Bonchev–Trinajstić information content (AvgIpc) is 2.88. The van der Waals surface area contributed by atoms with Gasteiger partial charge in [0.1, 0.15) is 23.9 Å². The van der Waals surface area contributed by atoms with Crippen LogP contribution < -0.4 is 4.74 Å². The molecule has 192 valence electrons. The first kappa shape index (κ1) is 27.5. The van der Waals surface area contributed by atoms with Gasteiger partial charge >= 0.3 is 0 Å². The number of piperazine rings is 1. The first-order valence-corrected chi connectivity index (χ1v) is 12.7. The second-order valence-electron chi connectivity index (χ2n) is 9.84. The largest absolute Gasteiger partial charge is 0.492 e. The Morgan fingerprint density at radius 3 is 2.17 bits per heavy atom. The minimum atomic E-state index is -0.601. The van der Waals surface area contributed by atoms with E-state index in [0.717, 1.165) is 57.7 Å². The molecular weight excluding hydrogens is 455 g/mol. The first-order valence-electron chi connectivity index (χ1n) is 12.7. The van der Waals surface area contributed by atoms with Crippen molar-refractivity contribution in [2.24, 2.45) is 5.92 Å². The van der Waals surface area contributed by atoms with Crippen LogP contribution in [0.3, 0.4) is 0 Å². The molecule has 1 heterocycles. The van der Waals surface area contributed by atoms with Crippen LogP contribution in [-0.2, 0) is 10.2 Å². The maximum absolute atomic E-state index is 13.0. The third-order valence-electron chi connectivity index (χ3n) is 7.23. The summed E-state index contributed by atoms with van der Waals surface area (Å²) in [5.41, 5.74) is 0.930. The summed E-state index contributed by atoms with van der Waals surface area (Å²) in [6.07, 6.45) is 1.68. The maximum Gasteiger partial charge on any atom is 0.177 e. The standard InChI is InChI=1S/C29H37FN4O2/c1-22(2)29(21-31,25-7-5-24(6-8-25)28(32)23(3)35)13-4-14-33-15-17-34(18-16-33)19-20-36-27-11-9-26(30)10-12-27/h5-12,22,32H,4,13-20H2,1-3H3. The number of hydrogen-bond donors (Lipinski definition) is 1. The molecule has 3 rings (SSSR count). The number of ether oxygens (including phenoxy) is 1. The second-order valence-corrected chi connectivity index (χ2v) is 9.84. The van der Waals surface area contributed by atoms with Crippen LogP contribution in [0.5, 0.6) is 5.75 Å². The molecule has 1 atom stereocenters. The maximum atomic E-state index is 13.0. The highest BCUT2D eigenvalue weighted by molar-refractivity contribution is 6.44. The predicted octanol–water partition coefficient (Wildman–Crippen LogP) is 4.68. The van der Waals surface area contributed by atoms with Gasteiger partial charge in [-0.2, -0.15) is 5.26 Å². The molecule has 1 unspecified atom stereocenters. The van der Waals surface area contributed by atoms with Crippen LogP contribution in [0.15, 0.2) is 48.5 Å². The van der Waals surface area contributed by atoms with Crippen LogP contribution in [0.2, 0.25) is 0 Å². The van der Waals surface area contributed by atoms with E-state index in [4.69, 9.17) is 10.1 Å². The predicted molar refractivity (Wildman–Crippen MR) is 140 cm³/mol. The van der Waals surface area contributed by atoms with Gasteiger partial charge in [-0.1, -0.05) is 38.1 Å². The summed E-state index contributed by atoms with van der Waals surface area (Å²) < 4.78 is 18.7. The second kappa shape index (κ2) is 12.8. The van der Waals surface area contributed by atoms with Crippen molar-refractivity contribution >= 4 is 11.5 Å². The molecule has 1 aliphatic rings. The van der Waals surface area contributed by atoms with Crippen molar-refractivity contribution in [2.75, 3.05) is 45.9 Å². The third kappa shape index (κ3) is 6.99. The summed E-state index contributed by atoms with van der Waals surface area (Å²) in [4.78, 5) is 16.4. The topological polar surface area (TPSA) is 80.4 Å². The number of Topliss-reactive ketones (excluding diaryl/α,β-unsaturated/α-hetero) is 1. The van der Waals surface area contributed by atoms with E-state index in [1.165, 1.54) is 19.1 Å². The van der Waals surface area contributed by atoms with E-state index >= 15 is 0 Å². The Morgan fingerprint density at radius 2 is 1.64 bits per heavy atom. The number of benzene rings is 2. The Bertz CT molecular complexity index is 1050. The van der Waals surface area contributed by atoms with Crippen molar-refractivity contribution in [1.29, 1.82) is 10.7 Å². The van der Waals surface area contributed by atoms with E-state index in [-0.39, 0.29) is 23.2 Å². The molecule has 2 aromatic rings. The zero-order valence-corrected chi connectivity index (χ0v) is 21.6. The molecule has 0 spiro atoms. The van der Waals surface area contributed by atoms with E-state index in [9.17, 15) is 14.4 Å². The minimum absolute atomic E-state index is 0.00480. The monoisotopic (exact) mass is 492 g/mol. The normalized spacial score (nSPS) is 16.3. The van der Waals surface area contributed by atoms with Gasteiger partial charge in [0.25, 0.3) is 0 Å². The van der Waals surface area contributed by atoms with Crippen molar-refractivity contribution in [1.82, 2.24) is 9.80 Å². The van der Waals surface area contributed by atoms with Crippen LogP contribution in [0, 0.1) is 28.5 Å². The summed E-state index contributed by atoms with van der Waals surface area (Å²) in [7, 11) is 0. The summed E-state index contributed by atoms with van der Waals surface area (Å²) >= 11 is 0. The van der Waals surface area contributed by atoms with Crippen molar-refractivity contribution < 1.29 is 13.9 Å². The average molecular weight is 493 g/mol. The number of carbonyl (C=O) groups excluding carboxylic acids is 1. The molecule has 0 radical (unpaired) electrons. The Hall–Kier alpha value is -3.08. The minimum Gasteiger partial charge on any atom is -0.492 e. The Morgan fingerprint density at radius 1 is 1.06 bits per heavy atom. The molecule has 6 nitrogen and oxygen atoms in total. The van der Waals surface area contributed by atoms with E-state index in [1.54, 1.807) is 24.3 Å². The van der Waals surface area contributed by atoms with Crippen LogP contribution in [0.1, 0.15) is 44.7 Å². The molecule has 0 amide bonds. The molecule has 36 heavy (non-hydrogen) atoms. The van der Waals surface area contributed by atoms with Crippen LogP contribution in [0.4, 0.5) is 4.39 Å². The molecule has 1 aliphatic heterocycles. The highest BCUT2D eigenvalue weighted by Gasteiger charge is 2.35. The molecule has 1 saturated heterocycles. The van der Waals surface area contributed by atoms with Crippen molar-refractivity contribution in [3.8, 4) is 11.8 Å². The fraction of sp³-hybridized carbons (Fsp3) is 0.483. The first-order chi connectivity index (χ1) is 17.2. The van der Waals surface area contributed by atoms with Gasteiger partial charge in [-0.15, -0.1) is 0 Å². The highest BCUT2D eigenvalue weighted by Crippen LogP contribution is 2.36. The van der Waals surface area contributed by atoms with E-state index in [0.29, 0.717) is 17.9 Å². The molecule has 0 saturated carbocycles. The number of rotatable bonds is 12. The van der Waals surface area contributed by atoms with Gasteiger partial charge in [0.15, 0.2) is 5.78 Å². The van der Waals surface area contributed by atoms with E-state index < -0.39 is 5.41 Å². The fourth-order valence-electron chi connectivity index (χ4n) is 4.79. The number of nitrogens with one attached hydrogen (secondary N) is 1. The summed E-state index contributed by atoms with van der Waals surface area (Å²) in [5.74, 6) is 0.299. The number of carbonyl (C=O) groups is 1. The number of halogens is 1. The van der Waals surface area contributed by atoms with E-state index in [1.807, 2.05) is 12.1 Å². The Labute approximate surface area is 214 Å². The highest BCUT2D eigenvalue weighted by atomic mass is 19.1. The SMILES string of the molecule is CC(=O)C(=N)c1ccc(C(C#N)(CCCN2CCN(CCOc3ccc(F)cc3)CC2)C(C)C)cc1. The lowest BCUT2D eigenvalue weighted by Crippen LogP contribution is -2.47. The summed E-state index contributed by atoms with van der Waals surface area (Å²) in [6, 6.07) is 16.1. The van der Waals surface area contributed by atoms with E-state index in [2.05, 4.69) is 29.7 Å². The molecule has 2 aromatic carbocycles. The smallest absolute Gasteiger partial charge is 0.177 e. The molecule has 1 fully saturated rings. The number of nitriles is 1. The fourth-order valence-corrected chi connectivity index (χ4v) is 4.79. The number of nitrogens with zero attached hydrogens (tertiary/aromatic N) is 3. The zero-order chi connectivity index (χ0) is 26.1. The van der Waals surface area contributed by atoms with Gasteiger partial charge in [-0.05, 0) is 55.1 Å². The van der Waals surface area contributed by atoms with Gasteiger partial charge in [-0.3, -0.25) is 15.1 Å². The van der Waals surface area contributed by atoms with Crippen molar-refractivity contribution in [2.45, 2.75) is 39.0 Å². The van der Waals surface area contributed by atoms with Gasteiger partial charge in [0.05, 0.1) is 11.5 Å². The quantitative estimate of drug-likeness (QED) is 0.435. The lowest BCUT2D eigenvalue weighted by molar-refractivity contribution is -0.111. The van der Waals surface area contributed by atoms with Gasteiger partial charge in [-0.25, -0.2) is 4.39 Å². The lowest BCUT2D eigenvalue weighted by Gasteiger charge is -2.36. The van der Waals surface area contributed by atoms with Crippen LogP contribution in [0.25, 0.3) is 0 Å². The Kier molecular flexibility index (Phi) is 9.74. The van der Waals surface area contributed by atoms with Gasteiger partial charge in [0, 0.05) is 45.2 Å². The summed E-state index contributed by atoms with van der Waals surface area (Å²) in [6.45, 7) is 11.9. The van der Waals surface area contributed by atoms with Crippen molar-refractivity contribution in [3.05, 3.63) is 65.5 Å². The zero-order valence-electron chi connectivity index (χ0n) is 21.6. The van der Waals surface area contributed by atoms with Crippen LogP contribution >= 0.6 is 0 Å². The van der Waals surface area contributed by atoms with Gasteiger partial charge in [0.2, 0.25) is 0 Å². The van der Waals surface area contributed by atoms with Crippen LogP contribution in [-0.4, -0.2) is 67.2 Å². The number of ketones is 1. The Balaban J connectivity index is 1.46. The summed E-state index contributed by atoms with van der Waals surface area (Å²) in [5, 5.41) is 18.1. The lowest BCUT2D eigenvalue weighted by atomic mass is 9.69. The molecule has 0 bridgehead atoms. The molecule has 0 aliphatic carbocycles. The molecule has 7 heteroatoms. The third-order valence-corrected chi connectivity index (χ3v) is 7.23. The molecule has 0 aromatic heterocycles. The molecule has 1 N–H and O–H groups in total.